The third-order valence-electron chi connectivity index (χ3n) is 5.17. The zero-order valence-corrected chi connectivity index (χ0v) is 12.4. The standard InChI is InChI=1S/C15H25NO2S/c16-13-2-1-11(9-13)14(17)12-3-6-18-15(10-12)4-7-19-8-5-15/h11-13H,1-10,16H2. The summed E-state index contributed by atoms with van der Waals surface area (Å²) in [7, 11) is 0. The van der Waals surface area contributed by atoms with E-state index in [-0.39, 0.29) is 23.5 Å². The third kappa shape index (κ3) is 3.01. The lowest BCUT2D eigenvalue weighted by Crippen LogP contribution is -2.45. The van der Waals surface area contributed by atoms with Crippen LogP contribution in [-0.2, 0) is 9.53 Å². The summed E-state index contributed by atoms with van der Waals surface area (Å²) in [6, 6.07) is 0.258. The van der Waals surface area contributed by atoms with Crippen LogP contribution < -0.4 is 5.73 Å². The maximum Gasteiger partial charge on any atom is 0.139 e. The van der Waals surface area contributed by atoms with E-state index in [1.165, 1.54) is 11.5 Å². The molecule has 0 amide bonds. The number of hydrogen-bond donors (Lipinski definition) is 1. The van der Waals surface area contributed by atoms with Crippen molar-refractivity contribution in [3.63, 3.8) is 0 Å². The molecule has 1 saturated carbocycles. The van der Waals surface area contributed by atoms with Crippen molar-refractivity contribution in [3.05, 3.63) is 0 Å². The van der Waals surface area contributed by atoms with Gasteiger partial charge in [0, 0.05) is 24.5 Å². The Balaban J connectivity index is 1.62. The third-order valence-corrected chi connectivity index (χ3v) is 6.16. The summed E-state index contributed by atoms with van der Waals surface area (Å²) in [6.07, 6.45) is 7.12. The summed E-state index contributed by atoms with van der Waals surface area (Å²) in [4.78, 5) is 12.7. The fourth-order valence-corrected chi connectivity index (χ4v) is 5.21. The van der Waals surface area contributed by atoms with Gasteiger partial charge in [0.2, 0.25) is 0 Å². The smallest absolute Gasteiger partial charge is 0.139 e. The molecule has 1 aliphatic carbocycles. The van der Waals surface area contributed by atoms with Crippen LogP contribution in [-0.4, -0.2) is 35.5 Å². The Morgan fingerprint density at radius 3 is 2.63 bits per heavy atom. The molecule has 0 radical (unpaired) electrons. The Morgan fingerprint density at radius 1 is 1.16 bits per heavy atom. The number of ketones is 1. The lowest BCUT2D eigenvalue weighted by Gasteiger charge is -2.43. The van der Waals surface area contributed by atoms with Crippen molar-refractivity contribution in [3.8, 4) is 0 Å². The second kappa shape index (κ2) is 5.74. The molecule has 4 heteroatoms. The number of hydrogen-bond acceptors (Lipinski definition) is 4. The number of thioether (sulfide) groups is 1. The first-order chi connectivity index (χ1) is 9.19. The Bertz CT molecular complexity index is 336. The van der Waals surface area contributed by atoms with E-state index in [4.69, 9.17) is 10.5 Å². The van der Waals surface area contributed by atoms with E-state index in [9.17, 15) is 4.79 Å². The van der Waals surface area contributed by atoms with Crippen LogP contribution in [0.4, 0.5) is 0 Å². The van der Waals surface area contributed by atoms with Crippen LogP contribution in [0.3, 0.4) is 0 Å². The number of rotatable bonds is 2. The van der Waals surface area contributed by atoms with Crippen molar-refractivity contribution in [2.45, 2.75) is 56.6 Å². The van der Waals surface area contributed by atoms with E-state index in [0.717, 1.165) is 51.6 Å². The normalized spacial score (nSPS) is 38.5. The van der Waals surface area contributed by atoms with Gasteiger partial charge < -0.3 is 10.5 Å². The number of Topliss-reactive ketones (excluding diaryl/α,β-unsaturated/α-hetero) is 1. The van der Waals surface area contributed by atoms with Gasteiger partial charge in [0.25, 0.3) is 0 Å². The lowest BCUT2D eigenvalue weighted by molar-refractivity contribution is -0.141. The fraction of sp³-hybridized carbons (Fsp3) is 0.933. The number of carbonyl (C=O) groups is 1. The van der Waals surface area contributed by atoms with Gasteiger partial charge in [-0.05, 0) is 56.5 Å². The average molecular weight is 283 g/mol. The Labute approximate surface area is 120 Å². The molecule has 19 heavy (non-hydrogen) atoms. The summed E-state index contributed by atoms with van der Waals surface area (Å²) >= 11 is 2.02. The van der Waals surface area contributed by atoms with Crippen molar-refractivity contribution in [1.82, 2.24) is 0 Å². The van der Waals surface area contributed by atoms with E-state index >= 15 is 0 Å². The molecule has 108 valence electrons. The van der Waals surface area contributed by atoms with Crippen LogP contribution in [0.25, 0.3) is 0 Å². The maximum absolute atomic E-state index is 12.7. The zero-order valence-electron chi connectivity index (χ0n) is 11.6. The van der Waals surface area contributed by atoms with Crippen molar-refractivity contribution >= 4 is 17.5 Å². The molecule has 3 aliphatic rings. The van der Waals surface area contributed by atoms with Crippen LogP contribution in [0.1, 0.15) is 44.9 Å². The molecule has 2 saturated heterocycles. The zero-order chi connectivity index (χ0) is 13.3. The summed E-state index contributed by atoms with van der Waals surface area (Å²) < 4.78 is 6.08. The lowest BCUT2D eigenvalue weighted by atomic mass is 9.77. The SMILES string of the molecule is NC1CCC(C(=O)C2CCOC3(CCSCC3)C2)C1. The minimum absolute atomic E-state index is 0.0323. The van der Waals surface area contributed by atoms with Gasteiger partial charge >= 0.3 is 0 Å². The quantitative estimate of drug-likeness (QED) is 0.845. The summed E-state index contributed by atoms with van der Waals surface area (Å²) in [5, 5.41) is 0. The first-order valence-electron chi connectivity index (χ1n) is 7.70. The fourth-order valence-electron chi connectivity index (χ4n) is 3.97. The van der Waals surface area contributed by atoms with E-state index in [2.05, 4.69) is 0 Å². The molecule has 2 N–H and O–H groups in total. The number of ether oxygens (including phenoxy) is 1. The first kappa shape index (κ1) is 13.9. The van der Waals surface area contributed by atoms with Gasteiger partial charge in [-0.3, -0.25) is 4.79 Å². The largest absolute Gasteiger partial charge is 0.375 e. The van der Waals surface area contributed by atoms with Crippen LogP contribution in [0.5, 0.6) is 0 Å². The highest BCUT2D eigenvalue weighted by Crippen LogP contribution is 2.41. The van der Waals surface area contributed by atoms with Gasteiger partial charge in [0.1, 0.15) is 5.78 Å². The van der Waals surface area contributed by atoms with E-state index < -0.39 is 0 Å². The molecule has 3 fully saturated rings. The molecular formula is C15H25NO2S. The van der Waals surface area contributed by atoms with Crippen molar-refractivity contribution in [2.24, 2.45) is 17.6 Å². The number of nitrogens with two attached hydrogens (primary N) is 1. The van der Waals surface area contributed by atoms with Crippen LogP contribution in [0.2, 0.25) is 0 Å². The molecule has 0 bridgehead atoms. The second-order valence-corrected chi connectivity index (χ2v) is 7.73. The molecule has 0 aromatic rings. The van der Waals surface area contributed by atoms with Crippen molar-refractivity contribution < 1.29 is 9.53 Å². The van der Waals surface area contributed by atoms with Gasteiger partial charge in [-0.25, -0.2) is 0 Å². The van der Waals surface area contributed by atoms with E-state index in [1.54, 1.807) is 0 Å². The molecular weight excluding hydrogens is 258 g/mol. The predicted octanol–water partition coefficient (Wildman–Crippen LogP) is 2.38. The molecule has 1 spiro atoms. The molecule has 2 heterocycles. The number of carbonyl (C=O) groups excluding carboxylic acids is 1. The van der Waals surface area contributed by atoms with Crippen LogP contribution in [0, 0.1) is 11.8 Å². The van der Waals surface area contributed by atoms with Gasteiger partial charge in [0.15, 0.2) is 0 Å². The summed E-state index contributed by atoms with van der Waals surface area (Å²) in [5.74, 6) is 3.36. The monoisotopic (exact) mass is 283 g/mol. The molecule has 0 aromatic carbocycles. The van der Waals surface area contributed by atoms with Crippen LogP contribution >= 0.6 is 11.8 Å². The highest BCUT2D eigenvalue weighted by molar-refractivity contribution is 7.99. The molecule has 3 nitrogen and oxygen atoms in total. The maximum atomic E-state index is 12.7. The van der Waals surface area contributed by atoms with Gasteiger partial charge in [0.05, 0.1) is 5.60 Å². The second-order valence-electron chi connectivity index (χ2n) is 6.51. The molecule has 3 atom stereocenters. The molecule has 0 aromatic heterocycles. The van der Waals surface area contributed by atoms with E-state index in [1.807, 2.05) is 11.8 Å². The summed E-state index contributed by atoms with van der Waals surface area (Å²) in [6.45, 7) is 0.778. The average Bonchev–Trinajstić information content (AvgIpc) is 2.85. The van der Waals surface area contributed by atoms with E-state index in [0.29, 0.717) is 5.78 Å². The van der Waals surface area contributed by atoms with Gasteiger partial charge in [-0.1, -0.05) is 0 Å². The van der Waals surface area contributed by atoms with Gasteiger partial charge in [-0.2, -0.15) is 11.8 Å². The first-order valence-corrected chi connectivity index (χ1v) is 8.85. The van der Waals surface area contributed by atoms with Crippen molar-refractivity contribution in [2.75, 3.05) is 18.1 Å². The van der Waals surface area contributed by atoms with Crippen LogP contribution in [0.15, 0.2) is 0 Å². The highest BCUT2D eigenvalue weighted by atomic mass is 32.2. The minimum atomic E-state index is 0.0323. The van der Waals surface area contributed by atoms with Crippen molar-refractivity contribution in [1.29, 1.82) is 0 Å². The van der Waals surface area contributed by atoms with Gasteiger partial charge in [-0.15, -0.1) is 0 Å². The Hall–Kier alpha value is -0.0600. The highest BCUT2D eigenvalue weighted by Gasteiger charge is 2.42. The minimum Gasteiger partial charge on any atom is -0.375 e. The predicted molar refractivity (Wildman–Crippen MR) is 78.3 cm³/mol. The Morgan fingerprint density at radius 2 is 1.95 bits per heavy atom. The molecule has 2 aliphatic heterocycles. The summed E-state index contributed by atoms with van der Waals surface area (Å²) in [5.41, 5.74) is 5.98. The topological polar surface area (TPSA) is 52.3 Å². The Kier molecular flexibility index (Phi) is 4.20. The molecule has 3 rings (SSSR count). The molecule has 3 unspecified atom stereocenters.